The van der Waals surface area contributed by atoms with Crippen LogP contribution >= 0.6 is 27.5 Å². The van der Waals surface area contributed by atoms with Crippen LogP contribution in [-0.4, -0.2) is 46.1 Å². The molecule has 26 heavy (non-hydrogen) atoms. The van der Waals surface area contributed by atoms with Crippen LogP contribution in [0.25, 0.3) is 0 Å². The average Bonchev–Trinajstić information content (AvgIpc) is 2.64. The summed E-state index contributed by atoms with van der Waals surface area (Å²) < 4.78 is 0.867. The van der Waals surface area contributed by atoms with Crippen LogP contribution in [0.1, 0.15) is 23.2 Å². The molecule has 1 atom stereocenters. The molecule has 1 aromatic carbocycles. The molecule has 0 bridgehead atoms. The number of nitrogens with zero attached hydrogens (tertiary/aromatic N) is 3. The number of benzene rings is 1. The molecule has 1 aliphatic heterocycles. The molecule has 0 radical (unpaired) electrons. The van der Waals surface area contributed by atoms with Gasteiger partial charge in [-0.2, -0.15) is 0 Å². The Morgan fingerprint density at radius 2 is 2.00 bits per heavy atom. The highest BCUT2D eigenvalue weighted by Gasteiger charge is 2.33. The van der Waals surface area contributed by atoms with Gasteiger partial charge >= 0.3 is 6.09 Å². The van der Waals surface area contributed by atoms with Gasteiger partial charge in [0.2, 0.25) is 0 Å². The highest BCUT2D eigenvalue weighted by atomic mass is 79.9. The van der Waals surface area contributed by atoms with Gasteiger partial charge in [-0.3, -0.25) is 9.69 Å². The molecular weight excluding hydrogens is 422 g/mol. The van der Waals surface area contributed by atoms with E-state index in [1.807, 2.05) is 0 Å². The first-order valence-corrected chi connectivity index (χ1v) is 9.32. The van der Waals surface area contributed by atoms with Gasteiger partial charge in [-0.05, 0) is 49.2 Å². The third-order valence-electron chi connectivity index (χ3n) is 4.31. The van der Waals surface area contributed by atoms with Crippen LogP contribution in [0.5, 0.6) is 0 Å². The van der Waals surface area contributed by atoms with Gasteiger partial charge in [-0.25, -0.2) is 9.78 Å². The van der Waals surface area contributed by atoms with E-state index in [1.165, 1.54) is 9.80 Å². The monoisotopic (exact) mass is 437 g/mol. The van der Waals surface area contributed by atoms with Crippen LogP contribution in [0.3, 0.4) is 0 Å². The zero-order chi connectivity index (χ0) is 18.7. The summed E-state index contributed by atoms with van der Waals surface area (Å²) in [4.78, 5) is 31.7. The maximum absolute atomic E-state index is 13.2. The number of halogens is 2. The number of pyridine rings is 1. The van der Waals surface area contributed by atoms with Gasteiger partial charge in [-0.15, -0.1) is 0 Å². The molecule has 1 fully saturated rings. The number of anilines is 1. The third kappa shape index (κ3) is 3.99. The summed E-state index contributed by atoms with van der Waals surface area (Å²) in [6.07, 6.45) is 1.93. The van der Waals surface area contributed by atoms with Crippen molar-refractivity contribution in [1.82, 2.24) is 9.88 Å². The summed E-state index contributed by atoms with van der Waals surface area (Å²) in [6, 6.07) is 10.0. The number of hydrogen-bond acceptors (Lipinski definition) is 3. The number of hydrogen-bond donors (Lipinski definition) is 1. The number of likely N-dealkylation sites (tertiary alicyclic amines) is 1. The minimum Gasteiger partial charge on any atom is -0.465 e. The molecule has 2 amide bonds. The lowest BCUT2D eigenvalue weighted by Crippen LogP contribution is -2.52. The van der Waals surface area contributed by atoms with Gasteiger partial charge in [0.1, 0.15) is 0 Å². The minimum atomic E-state index is -0.988. The predicted octanol–water partition coefficient (Wildman–Crippen LogP) is 4.29. The fourth-order valence-corrected chi connectivity index (χ4v) is 3.54. The quantitative estimate of drug-likeness (QED) is 0.776. The van der Waals surface area contributed by atoms with E-state index in [4.69, 9.17) is 11.6 Å². The Balaban J connectivity index is 1.99. The molecule has 1 saturated heterocycles. The maximum Gasteiger partial charge on any atom is 0.407 e. The van der Waals surface area contributed by atoms with Crippen molar-refractivity contribution < 1.29 is 14.7 Å². The Morgan fingerprint density at radius 3 is 2.65 bits per heavy atom. The molecule has 1 aromatic heterocycles. The molecule has 8 heteroatoms. The van der Waals surface area contributed by atoms with Gasteiger partial charge in [0.05, 0.1) is 11.1 Å². The van der Waals surface area contributed by atoms with Crippen molar-refractivity contribution >= 4 is 45.3 Å². The average molecular weight is 439 g/mol. The van der Waals surface area contributed by atoms with Gasteiger partial charge < -0.3 is 10.0 Å². The highest BCUT2D eigenvalue weighted by Crippen LogP contribution is 2.29. The number of rotatable bonds is 3. The van der Waals surface area contributed by atoms with Crippen LogP contribution in [0.4, 0.5) is 10.6 Å². The maximum atomic E-state index is 13.2. The van der Waals surface area contributed by atoms with Crippen molar-refractivity contribution in [2.24, 2.45) is 0 Å². The highest BCUT2D eigenvalue weighted by molar-refractivity contribution is 9.10. The van der Waals surface area contributed by atoms with Gasteiger partial charge in [-0.1, -0.05) is 27.5 Å². The first-order valence-electron chi connectivity index (χ1n) is 8.15. The van der Waals surface area contributed by atoms with E-state index in [9.17, 15) is 14.7 Å². The Bertz CT molecular complexity index is 816. The topological polar surface area (TPSA) is 73.7 Å². The number of aromatic nitrogens is 1. The predicted molar refractivity (Wildman–Crippen MR) is 103 cm³/mol. The van der Waals surface area contributed by atoms with Crippen molar-refractivity contribution in [2.75, 3.05) is 18.0 Å². The van der Waals surface area contributed by atoms with E-state index in [1.54, 1.807) is 42.6 Å². The van der Waals surface area contributed by atoms with E-state index < -0.39 is 6.09 Å². The fraction of sp³-hybridized carbons (Fsp3) is 0.278. The molecule has 1 aliphatic rings. The van der Waals surface area contributed by atoms with E-state index in [-0.39, 0.29) is 18.5 Å². The molecule has 1 N–H and O–H groups in total. The van der Waals surface area contributed by atoms with Gasteiger partial charge in [0, 0.05) is 29.3 Å². The minimum absolute atomic E-state index is 0.227. The molecule has 0 spiro atoms. The fourth-order valence-electron chi connectivity index (χ4n) is 3.06. The summed E-state index contributed by atoms with van der Waals surface area (Å²) in [5.74, 6) is 0.0923. The zero-order valence-electron chi connectivity index (χ0n) is 13.8. The first-order chi connectivity index (χ1) is 12.5. The van der Waals surface area contributed by atoms with E-state index >= 15 is 0 Å². The molecule has 0 saturated carbocycles. The standard InChI is InChI=1S/C18H17BrClN3O3/c19-13-7-5-12(6-8-13)17(24)23(16-15(20)4-1-9-21-16)14-3-2-10-22(11-14)18(25)26/h1,4-9,14H,2-3,10-11H2,(H,25,26)/t14-/m1/s1. The molecule has 0 unspecified atom stereocenters. The first kappa shape index (κ1) is 18.7. The number of carboxylic acid groups (broad SMARTS) is 1. The molecule has 3 rings (SSSR count). The summed E-state index contributed by atoms with van der Waals surface area (Å²) in [5.41, 5.74) is 0.488. The van der Waals surface area contributed by atoms with Crippen molar-refractivity contribution in [3.05, 3.63) is 57.7 Å². The summed E-state index contributed by atoms with van der Waals surface area (Å²) in [5, 5.41) is 9.68. The number of piperidine rings is 1. The van der Waals surface area contributed by atoms with Crippen molar-refractivity contribution in [3.63, 3.8) is 0 Å². The SMILES string of the molecule is O=C(O)N1CCC[C@@H](N(C(=O)c2ccc(Br)cc2)c2ncccc2Cl)C1. The number of carbonyl (C=O) groups is 2. The zero-order valence-corrected chi connectivity index (χ0v) is 16.2. The second-order valence-electron chi connectivity index (χ2n) is 6.02. The van der Waals surface area contributed by atoms with Crippen molar-refractivity contribution in [3.8, 4) is 0 Å². The summed E-state index contributed by atoms with van der Waals surface area (Å²) in [6.45, 7) is 0.687. The third-order valence-corrected chi connectivity index (χ3v) is 5.13. The van der Waals surface area contributed by atoms with Crippen LogP contribution < -0.4 is 4.90 Å². The molecule has 6 nitrogen and oxygen atoms in total. The Hall–Kier alpha value is -2.12. The number of carbonyl (C=O) groups excluding carboxylic acids is 1. The lowest BCUT2D eigenvalue weighted by molar-refractivity contribution is 0.0941. The van der Waals surface area contributed by atoms with Crippen LogP contribution in [0.2, 0.25) is 5.02 Å². The van der Waals surface area contributed by atoms with E-state index in [0.717, 1.165) is 4.47 Å². The Morgan fingerprint density at radius 1 is 1.27 bits per heavy atom. The summed E-state index contributed by atoms with van der Waals surface area (Å²) >= 11 is 9.66. The Kier molecular flexibility index (Phi) is 5.78. The van der Waals surface area contributed by atoms with E-state index in [2.05, 4.69) is 20.9 Å². The molecule has 136 valence electrons. The smallest absolute Gasteiger partial charge is 0.407 e. The van der Waals surface area contributed by atoms with Crippen molar-refractivity contribution in [1.29, 1.82) is 0 Å². The molecule has 2 aromatic rings. The summed E-state index contributed by atoms with van der Waals surface area (Å²) in [7, 11) is 0. The largest absolute Gasteiger partial charge is 0.465 e. The lowest BCUT2D eigenvalue weighted by Gasteiger charge is -2.38. The van der Waals surface area contributed by atoms with Gasteiger partial charge in [0.15, 0.2) is 5.82 Å². The van der Waals surface area contributed by atoms with Gasteiger partial charge in [0.25, 0.3) is 5.91 Å². The molecule has 2 heterocycles. The van der Waals surface area contributed by atoms with Crippen molar-refractivity contribution in [2.45, 2.75) is 18.9 Å². The van der Waals surface area contributed by atoms with Crippen LogP contribution in [0, 0.1) is 0 Å². The normalized spacial score (nSPS) is 17.0. The van der Waals surface area contributed by atoms with Crippen LogP contribution in [-0.2, 0) is 0 Å². The second kappa shape index (κ2) is 8.05. The van der Waals surface area contributed by atoms with E-state index in [0.29, 0.717) is 35.8 Å². The number of amides is 2. The second-order valence-corrected chi connectivity index (χ2v) is 7.34. The Labute approximate surface area is 164 Å². The lowest BCUT2D eigenvalue weighted by atomic mass is 10.0. The van der Waals surface area contributed by atoms with Crippen LogP contribution in [0.15, 0.2) is 47.1 Å². The molecular formula is C18H17BrClN3O3. The molecule has 0 aliphatic carbocycles.